The molecule has 0 spiro atoms. The maximum Gasteiger partial charge on any atom is 0.141 e. The van der Waals surface area contributed by atoms with Crippen molar-refractivity contribution in [3.05, 3.63) is 52.3 Å². The van der Waals surface area contributed by atoms with Crippen LogP contribution in [-0.2, 0) is 0 Å². The zero-order valence-corrected chi connectivity index (χ0v) is 16.5. The first-order valence-corrected chi connectivity index (χ1v) is 9.79. The number of thiophene rings is 1. The van der Waals surface area contributed by atoms with Crippen molar-refractivity contribution in [1.29, 1.82) is 0 Å². The van der Waals surface area contributed by atoms with E-state index in [-0.39, 0.29) is 12.4 Å². The standard InChI is InChI=1S/C20H24N4S.ClH/c1-22-14-6-4-13(5-7-14)17-12-23-18-9-8-15(11-16(17)18)24-20(21)19-3-2-10-25-19;/h2-3,8-14,22-23H,4-7H2,1H3,(H2,21,24);1H. The molecule has 3 aromatic rings. The Hall–Kier alpha value is -1.82. The van der Waals surface area contributed by atoms with Crippen LogP contribution in [0, 0.1) is 0 Å². The van der Waals surface area contributed by atoms with Crippen molar-refractivity contribution in [2.45, 2.75) is 37.6 Å². The smallest absolute Gasteiger partial charge is 0.141 e. The van der Waals surface area contributed by atoms with E-state index in [2.05, 4.69) is 40.7 Å². The van der Waals surface area contributed by atoms with Gasteiger partial charge < -0.3 is 16.0 Å². The Morgan fingerprint density at radius 2 is 2.04 bits per heavy atom. The zero-order chi connectivity index (χ0) is 17.2. The summed E-state index contributed by atoms with van der Waals surface area (Å²) in [6, 6.07) is 11.0. The lowest BCUT2D eigenvalue weighted by molar-refractivity contribution is 0.360. The van der Waals surface area contributed by atoms with Crippen molar-refractivity contribution < 1.29 is 0 Å². The van der Waals surface area contributed by atoms with Gasteiger partial charge in [-0.2, -0.15) is 0 Å². The number of nitrogens with one attached hydrogen (secondary N) is 2. The van der Waals surface area contributed by atoms with E-state index in [4.69, 9.17) is 5.73 Å². The van der Waals surface area contributed by atoms with Crippen molar-refractivity contribution in [2.75, 3.05) is 7.05 Å². The van der Waals surface area contributed by atoms with Crippen LogP contribution in [0.3, 0.4) is 0 Å². The summed E-state index contributed by atoms with van der Waals surface area (Å²) in [5, 5.41) is 6.72. The van der Waals surface area contributed by atoms with Crippen LogP contribution in [-0.4, -0.2) is 23.9 Å². The van der Waals surface area contributed by atoms with Gasteiger partial charge in [-0.3, -0.25) is 0 Å². The monoisotopic (exact) mass is 388 g/mol. The Morgan fingerprint density at radius 3 is 2.73 bits per heavy atom. The minimum absolute atomic E-state index is 0. The predicted molar refractivity (Wildman–Crippen MR) is 114 cm³/mol. The van der Waals surface area contributed by atoms with E-state index in [1.54, 1.807) is 11.3 Å². The molecule has 1 aliphatic rings. The number of aromatic nitrogens is 1. The molecule has 2 aromatic heterocycles. The van der Waals surface area contributed by atoms with Gasteiger partial charge >= 0.3 is 0 Å². The number of nitrogens with zero attached hydrogens (tertiary/aromatic N) is 1. The molecule has 26 heavy (non-hydrogen) atoms. The second-order valence-corrected chi connectivity index (χ2v) is 7.73. The summed E-state index contributed by atoms with van der Waals surface area (Å²) in [6.07, 6.45) is 7.16. The molecule has 6 heteroatoms. The van der Waals surface area contributed by atoms with E-state index in [0.29, 0.717) is 17.8 Å². The van der Waals surface area contributed by atoms with Crippen LogP contribution in [0.4, 0.5) is 5.69 Å². The molecular formula is C20H25ClN4S. The second kappa shape index (κ2) is 8.25. The van der Waals surface area contributed by atoms with Crippen molar-refractivity contribution in [2.24, 2.45) is 10.7 Å². The summed E-state index contributed by atoms with van der Waals surface area (Å²) in [5.74, 6) is 1.22. The molecule has 2 heterocycles. The average molecular weight is 389 g/mol. The highest BCUT2D eigenvalue weighted by molar-refractivity contribution is 7.12. The number of benzene rings is 1. The highest BCUT2D eigenvalue weighted by Crippen LogP contribution is 2.37. The Kier molecular flexibility index (Phi) is 6.01. The number of halogens is 1. The number of H-pyrrole nitrogens is 1. The molecule has 138 valence electrons. The van der Waals surface area contributed by atoms with Gasteiger partial charge in [0.15, 0.2) is 0 Å². The van der Waals surface area contributed by atoms with Crippen molar-refractivity contribution in [3.63, 3.8) is 0 Å². The van der Waals surface area contributed by atoms with Crippen LogP contribution in [0.1, 0.15) is 42.0 Å². The first kappa shape index (κ1) is 19.0. The fourth-order valence-corrected chi connectivity index (χ4v) is 4.48. The first-order chi connectivity index (χ1) is 12.2. The quantitative estimate of drug-likeness (QED) is 0.438. The van der Waals surface area contributed by atoms with Gasteiger partial charge in [-0.1, -0.05) is 6.07 Å². The van der Waals surface area contributed by atoms with Crippen LogP contribution in [0.2, 0.25) is 0 Å². The normalized spacial score (nSPS) is 20.9. The van der Waals surface area contributed by atoms with Crippen LogP contribution < -0.4 is 11.1 Å². The number of hydrogen-bond acceptors (Lipinski definition) is 3. The van der Waals surface area contributed by atoms with E-state index in [1.165, 1.54) is 42.1 Å². The lowest BCUT2D eigenvalue weighted by atomic mass is 9.81. The lowest BCUT2D eigenvalue weighted by Gasteiger charge is -2.28. The third-order valence-electron chi connectivity index (χ3n) is 5.30. The summed E-state index contributed by atoms with van der Waals surface area (Å²) in [7, 11) is 2.07. The molecule has 0 unspecified atom stereocenters. The van der Waals surface area contributed by atoms with E-state index < -0.39 is 0 Å². The van der Waals surface area contributed by atoms with E-state index in [1.807, 2.05) is 23.6 Å². The maximum absolute atomic E-state index is 6.15. The largest absolute Gasteiger partial charge is 0.383 e. The van der Waals surface area contributed by atoms with Gasteiger partial charge in [0.2, 0.25) is 0 Å². The molecule has 0 bridgehead atoms. The maximum atomic E-state index is 6.15. The molecular weight excluding hydrogens is 364 g/mol. The molecule has 0 aliphatic heterocycles. The van der Waals surface area contributed by atoms with Gasteiger partial charge in [0.1, 0.15) is 5.84 Å². The fourth-order valence-electron chi connectivity index (χ4n) is 3.85. The molecule has 4 nitrogen and oxygen atoms in total. The first-order valence-electron chi connectivity index (χ1n) is 8.91. The summed E-state index contributed by atoms with van der Waals surface area (Å²) in [4.78, 5) is 9.06. The van der Waals surface area contributed by atoms with Gasteiger partial charge in [0.05, 0.1) is 10.6 Å². The zero-order valence-electron chi connectivity index (χ0n) is 14.9. The molecule has 1 aromatic carbocycles. The minimum Gasteiger partial charge on any atom is -0.383 e. The minimum atomic E-state index is 0. The number of fused-ring (bicyclic) bond motifs is 1. The van der Waals surface area contributed by atoms with E-state index in [0.717, 1.165) is 10.6 Å². The Labute approximate surface area is 164 Å². The Morgan fingerprint density at radius 1 is 1.23 bits per heavy atom. The van der Waals surface area contributed by atoms with Crippen LogP contribution in [0.5, 0.6) is 0 Å². The SMILES string of the molecule is CNC1CCC(c2c[nH]c3ccc(N=C(N)c4cccs4)cc23)CC1.Cl. The summed E-state index contributed by atoms with van der Waals surface area (Å²) >= 11 is 1.62. The molecule has 0 radical (unpaired) electrons. The molecule has 1 saturated carbocycles. The Balaban J connectivity index is 0.00000196. The number of amidine groups is 1. The van der Waals surface area contributed by atoms with Crippen molar-refractivity contribution in [3.8, 4) is 0 Å². The van der Waals surface area contributed by atoms with Crippen molar-refractivity contribution in [1.82, 2.24) is 10.3 Å². The molecule has 0 saturated heterocycles. The molecule has 1 fully saturated rings. The number of aliphatic imine (C=N–C) groups is 1. The van der Waals surface area contributed by atoms with Crippen molar-refractivity contribution >= 4 is 46.2 Å². The third-order valence-corrected chi connectivity index (χ3v) is 6.19. The number of nitrogens with two attached hydrogens (primary N) is 1. The van der Waals surface area contributed by atoms with E-state index in [9.17, 15) is 0 Å². The highest BCUT2D eigenvalue weighted by atomic mass is 35.5. The van der Waals surface area contributed by atoms with Gasteiger partial charge in [-0.15, -0.1) is 23.7 Å². The molecule has 4 N–H and O–H groups in total. The summed E-state index contributed by atoms with van der Waals surface area (Å²) in [6.45, 7) is 0. The molecule has 0 atom stereocenters. The summed E-state index contributed by atoms with van der Waals surface area (Å²) in [5.41, 5.74) is 9.67. The molecule has 1 aliphatic carbocycles. The number of aromatic amines is 1. The number of hydrogen-bond donors (Lipinski definition) is 3. The summed E-state index contributed by atoms with van der Waals surface area (Å²) < 4.78 is 0. The average Bonchev–Trinajstić information content (AvgIpc) is 3.31. The highest BCUT2D eigenvalue weighted by Gasteiger charge is 2.23. The third kappa shape index (κ3) is 3.80. The number of rotatable bonds is 4. The van der Waals surface area contributed by atoms with Crippen LogP contribution in [0.15, 0.2) is 46.9 Å². The molecule has 0 amide bonds. The molecule has 4 rings (SSSR count). The van der Waals surface area contributed by atoms with Crippen LogP contribution >= 0.6 is 23.7 Å². The van der Waals surface area contributed by atoms with E-state index >= 15 is 0 Å². The lowest BCUT2D eigenvalue weighted by Crippen LogP contribution is -2.29. The predicted octanol–water partition coefficient (Wildman–Crippen LogP) is 4.93. The van der Waals surface area contributed by atoms with Crippen LogP contribution in [0.25, 0.3) is 10.9 Å². The fraction of sp³-hybridized carbons (Fsp3) is 0.350. The van der Waals surface area contributed by atoms with Gasteiger partial charge in [0, 0.05) is 23.1 Å². The Bertz CT molecular complexity index is 876. The van der Waals surface area contributed by atoms with Gasteiger partial charge in [0.25, 0.3) is 0 Å². The van der Waals surface area contributed by atoms with Gasteiger partial charge in [-0.25, -0.2) is 4.99 Å². The topological polar surface area (TPSA) is 66.2 Å². The van der Waals surface area contributed by atoms with Gasteiger partial charge in [-0.05, 0) is 73.9 Å². The second-order valence-electron chi connectivity index (χ2n) is 6.79.